The third-order valence-electron chi connectivity index (χ3n) is 5.23. The summed E-state index contributed by atoms with van der Waals surface area (Å²) in [6.07, 6.45) is 0. The molecule has 146 valence electrons. The minimum Gasteiger partial charge on any atom is -0.508 e. The van der Waals surface area contributed by atoms with Gasteiger partial charge >= 0.3 is 0 Å². The first-order chi connectivity index (χ1) is 13.7. The number of phenolic OH excluding ortho intramolecular Hbond substituents is 2. The van der Waals surface area contributed by atoms with Gasteiger partial charge in [0.05, 0.1) is 14.2 Å². The number of benzene rings is 3. The third kappa shape index (κ3) is 2.34. The largest absolute Gasteiger partial charge is 0.508 e. The molecule has 0 radical (unpaired) electrons. The third-order valence-corrected chi connectivity index (χ3v) is 12.3. The Labute approximate surface area is 191 Å². The van der Waals surface area contributed by atoms with Gasteiger partial charge in [0.25, 0.3) is 0 Å². The van der Waals surface area contributed by atoms with Crippen molar-refractivity contribution < 1.29 is 14.9 Å². The Morgan fingerprint density at radius 1 is 0.828 bits per heavy atom. The highest BCUT2D eigenvalue weighted by molar-refractivity contribution is 8.66. The van der Waals surface area contributed by atoms with Gasteiger partial charge in [0.15, 0.2) is 0 Å². The van der Waals surface area contributed by atoms with E-state index in [0.717, 1.165) is 5.56 Å². The van der Waals surface area contributed by atoms with Crippen LogP contribution in [0, 0.1) is 0 Å². The molecule has 2 aliphatic rings. The molecule has 2 aliphatic heterocycles. The Hall–Kier alpha value is -1.48. The predicted octanol–water partition coefficient (Wildman–Crippen LogP) is 5.57. The summed E-state index contributed by atoms with van der Waals surface area (Å²) in [5.41, 5.74) is 2.76. The fourth-order valence-electron chi connectivity index (χ4n) is 4.08. The first-order valence-corrected chi connectivity index (χ1v) is 13.0. The van der Waals surface area contributed by atoms with Gasteiger partial charge in [-0.2, -0.15) is 0 Å². The van der Waals surface area contributed by atoms with Gasteiger partial charge in [0, 0.05) is 28.8 Å². The van der Waals surface area contributed by atoms with Gasteiger partial charge < -0.3 is 14.9 Å². The molecule has 3 aromatic carbocycles. The van der Waals surface area contributed by atoms with Crippen molar-refractivity contribution in [1.29, 1.82) is 0 Å². The summed E-state index contributed by atoms with van der Waals surface area (Å²) in [6, 6.07) is 13.2. The molecular weight excluding hydrogens is 487 g/mol. The van der Waals surface area contributed by atoms with E-state index in [9.17, 15) is 10.2 Å². The summed E-state index contributed by atoms with van der Waals surface area (Å²) < 4.78 is 5.43. The number of aromatic hydroxyl groups is 2. The quantitative estimate of drug-likeness (QED) is 0.396. The van der Waals surface area contributed by atoms with Gasteiger partial charge in [-0.25, -0.2) is 0 Å². The van der Waals surface area contributed by atoms with Gasteiger partial charge in [0.1, 0.15) is 27.7 Å². The van der Waals surface area contributed by atoms with E-state index in [1.807, 2.05) is 6.07 Å². The Balaban J connectivity index is 2.04. The van der Waals surface area contributed by atoms with Crippen LogP contribution in [0.15, 0.2) is 48.5 Å². The number of fused-ring (bicyclic) bond motifs is 6. The van der Waals surface area contributed by atoms with E-state index in [1.54, 1.807) is 30.3 Å². The molecule has 0 fully saturated rings. The average molecular weight is 497 g/mol. The van der Waals surface area contributed by atoms with Gasteiger partial charge in [-0.3, -0.25) is 0 Å². The number of ether oxygens (including phenoxy) is 1. The summed E-state index contributed by atoms with van der Waals surface area (Å²) in [5, 5.41) is 20.8. The molecule has 9 heteroatoms. The van der Waals surface area contributed by atoms with Gasteiger partial charge in [-0.1, -0.05) is 41.5 Å². The maximum Gasteiger partial charge on any atom is 0.136 e. The molecule has 3 aromatic rings. The number of phenols is 2. The summed E-state index contributed by atoms with van der Waals surface area (Å²) in [5.74, 6) is 0.867. The van der Waals surface area contributed by atoms with Crippen LogP contribution in [-0.4, -0.2) is 14.4 Å². The Morgan fingerprint density at radius 2 is 1.34 bits per heavy atom. The second-order valence-electron chi connectivity index (χ2n) is 6.72. The van der Waals surface area contributed by atoms with Gasteiger partial charge in [-0.15, -0.1) is 0 Å². The van der Waals surface area contributed by atoms with Crippen molar-refractivity contribution in [3.63, 3.8) is 0 Å². The van der Waals surface area contributed by atoms with Crippen molar-refractivity contribution in [2.45, 2.75) is 4.75 Å². The first-order valence-electron chi connectivity index (χ1n) is 8.32. The standard InChI is InChI=1S/C20H10Cl2O3S4/c21-14-6-5-13-17(18(14)22)19(26)29(27,28)20(13)11-3-1-9(23)7-15(11)25-16-8-10(24)2-4-12(16)20/h1-8,23-24H. The second kappa shape index (κ2) is 6.26. The number of hydrogen-bond donors (Lipinski definition) is 2. The first kappa shape index (κ1) is 19.5. The Kier molecular flexibility index (Phi) is 4.21. The molecule has 0 unspecified atom stereocenters. The summed E-state index contributed by atoms with van der Waals surface area (Å²) >= 11 is 30.7. The maximum absolute atomic E-state index is 10.0. The van der Waals surface area contributed by atoms with E-state index in [4.69, 9.17) is 62.5 Å². The zero-order valence-corrected chi connectivity index (χ0v) is 19.1. The summed E-state index contributed by atoms with van der Waals surface area (Å²) in [6.45, 7) is 0. The number of thiocarbonyl (C=S) groups is 1. The number of hydrogen-bond acceptors (Lipinski definition) is 6. The minimum atomic E-state index is -2.53. The molecule has 0 amide bonds. The van der Waals surface area contributed by atoms with Crippen LogP contribution in [0.5, 0.6) is 23.0 Å². The van der Waals surface area contributed by atoms with E-state index in [2.05, 4.69) is 0 Å². The minimum absolute atomic E-state index is 0.0341. The molecule has 0 saturated heterocycles. The van der Waals surface area contributed by atoms with Gasteiger partial charge in [-0.05, 0) is 65.4 Å². The molecule has 0 aromatic heterocycles. The SMILES string of the molecule is Oc1ccc2c(c1)Oc1cc(O)ccc1C21c2ccc(Cl)c(Cl)c2C(=S)S1(=S)=S. The Bertz CT molecular complexity index is 1310. The highest BCUT2D eigenvalue weighted by atomic mass is 35.5. The molecule has 0 atom stereocenters. The predicted molar refractivity (Wildman–Crippen MR) is 126 cm³/mol. The van der Waals surface area contributed by atoms with Crippen LogP contribution in [0.25, 0.3) is 0 Å². The van der Waals surface area contributed by atoms with Crippen LogP contribution in [0.1, 0.15) is 22.3 Å². The molecule has 1 spiro atoms. The van der Waals surface area contributed by atoms with Crippen molar-refractivity contribution in [2.24, 2.45) is 0 Å². The normalized spacial score (nSPS) is 17.4. The van der Waals surface area contributed by atoms with E-state index >= 15 is 0 Å². The van der Waals surface area contributed by atoms with Crippen LogP contribution < -0.4 is 4.74 Å². The smallest absolute Gasteiger partial charge is 0.136 e. The van der Waals surface area contributed by atoms with Crippen LogP contribution in [-0.2, 0) is 34.3 Å². The van der Waals surface area contributed by atoms with E-state index < -0.39 is 11.9 Å². The average Bonchev–Trinajstić information content (AvgIpc) is 2.83. The topological polar surface area (TPSA) is 49.7 Å². The van der Waals surface area contributed by atoms with Crippen molar-refractivity contribution >= 4 is 69.1 Å². The number of halogens is 2. The highest BCUT2D eigenvalue weighted by Gasteiger charge is 2.57. The molecule has 0 saturated carbocycles. The van der Waals surface area contributed by atoms with E-state index in [-0.39, 0.29) is 11.5 Å². The zero-order valence-electron chi connectivity index (χ0n) is 14.3. The molecule has 0 aliphatic carbocycles. The lowest BCUT2D eigenvalue weighted by atomic mass is 9.80. The molecular formula is C20H10Cl2O3S4. The molecule has 5 rings (SSSR count). The van der Waals surface area contributed by atoms with Gasteiger partial charge in [0.2, 0.25) is 0 Å². The van der Waals surface area contributed by atoms with E-state index in [1.165, 1.54) is 12.1 Å². The second-order valence-corrected chi connectivity index (χ2v) is 13.8. The Morgan fingerprint density at radius 3 is 1.90 bits per heavy atom. The van der Waals surface area contributed by atoms with Crippen LogP contribution in [0.3, 0.4) is 0 Å². The molecule has 2 N–H and O–H groups in total. The lowest BCUT2D eigenvalue weighted by molar-refractivity contribution is 0.424. The van der Waals surface area contributed by atoms with Crippen molar-refractivity contribution in [3.05, 3.63) is 80.8 Å². The monoisotopic (exact) mass is 496 g/mol. The van der Waals surface area contributed by atoms with Crippen molar-refractivity contribution in [2.75, 3.05) is 0 Å². The van der Waals surface area contributed by atoms with Crippen LogP contribution in [0.2, 0.25) is 10.0 Å². The molecule has 2 heterocycles. The maximum atomic E-state index is 10.0. The summed E-state index contributed by atoms with van der Waals surface area (Å²) in [7, 11) is -2.53. The highest BCUT2D eigenvalue weighted by Crippen LogP contribution is 2.61. The lowest BCUT2D eigenvalue weighted by Crippen LogP contribution is -2.37. The lowest BCUT2D eigenvalue weighted by Gasteiger charge is -2.40. The molecule has 29 heavy (non-hydrogen) atoms. The van der Waals surface area contributed by atoms with Crippen molar-refractivity contribution in [3.8, 4) is 23.0 Å². The molecule has 3 nitrogen and oxygen atoms in total. The fraction of sp³-hybridized carbons (Fsp3) is 0.0500. The molecule has 0 bridgehead atoms. The number of rotatable bonds is 0. The van der Waals surface area contributed by atoms with Crippen molar-refractivity contribution in [1.82, 2.24) is 0 Å². The van der Waals surface area contributed by atoms with Crippen LogP contribution >= 0.6 is 35.4 Å². The fourth-order valence-corrected chi connectivity index (χ4v) is 9.44. The summed E-state index contributed by atoms with van der Waals surface area (Å²) in [4.78, 5) is 0. The van der Waals surface area contributed by atoms with E-state index in [0.29, 0.717) is 42.4 Å². The zero-order chi connectivity index (χ0) is 20.7. The van der Waals surface area contributed by atoms with Crippen LogP contribution in [0.4, 0.5) is 0 Å².